The minimum Gasteiger partial charge on any atom is -1.00 e. The van der Waals surface area contributed by atoms with Gasteiger partial charge in [-0.1, -0.05) is 24.3 Å². The molecule has 1 aliphatic carbocycles. The SMILES string of the molecule is CN(C)c1ccc(C(=C2C=CC(=[N+](C)C)C=C2)c2ccc(OCCCNC(=O)COC(CNC(=O)COC(CN)CN)CNC(=O)COC(CN)CN)cc2)cc1.[Cl-]. The first-order valence-corrected chi connectivity index (χ1v) is 19.1. The number of benzene rings is 2. The summed E-state index contributed by atoms with van der Waals surface area (Å²) in [6, 6.07) is 16.5. The van der Waals surface area contributed by atoms with E-state index in [1.165, 1.54) is 0 Å². The maximum absolute atomic E-state index is 12.6. The number of nitrogens with one attached hydrogen (secondary N) is 3. The number of rotatable bonds is 25. The second-order valence-corrected chi connectivity index (χ2v) is 13.7. The normalized spacial score (nSPS) is 12.1. The van der Waals surface area contributed by atoms with Gasteiger partial charge in [0.2, 0.25) is 17.7 Å². The van der Waals surface area contributed by atoms with E-state index in [9.17, 15) is 14.4 Å². The molecule has 0 unspecified atom stereocenters. The summed E-state index contributed by atoms with van der Waals surface area (Å²) in [7, 11) is 8.10. The van der Waals surface area contributed by atoms with Crippen LogP contribution in [0.4, 0.5) is 5.69 Å². The number of amides is 3. The molecule has 0 saturated heterocycles. The van der Waals surface area contributed by atoms with Gasteiger partial charge in [0.15, 0.2) is 5.71 Å². The number of hydrogen-bond acceptors (Lipinski definition) is 12. The van der Waals surface area contributed by atoms with Crippen LogP contribution in [0.5, 0.6) is 5.75 Å². The van der Waals surface area contributed by atoms with Crippen LogP contribution in [-0.2, 0) is 28.6 Å². The van der Waals surface area contributed by atoms with Crippen molar-refractivity contribution in [3.63, 3.8) is 0 Å². The highest BCUT2D eigenvalue weighted by atomic mass is 35.5. The zero-order valence-corrected chi connectivity index (χ0v) is 34.8. The van der Waals surface area contributed by atoms with Crippen molar-refractivity contribution in [3.8, 4) is 5.75 Å². The van der Waals surface area contributed by atoms with Crippen molar-refractivity contribution in [3.05, 3.63) is 89.5 Å². The van der Waals surface area contributed by atoms with Crippen LogP contribution in [0.25, 0.3) is 5.57 Å². The van der Waals surface area contributed by atoms with Crippen LogP contribution in [-0.4, -0.2) is 147 Å². The molecule has 1 aliphatic rings. The van der Waals surface area contributed by atoms with E-state index in [1.807, 2.05) is 40.3 Å². The van der Waals surface area contributed by atoms with Gasteiger partial charge < -0.3 is 75.1 Å². The van der Waals surface area contributed by atoms with Crippen LogP contribution in [0.1, 0.15) is 17.5 Å². The lowest BCUT2D eigenvalue weighted by molar-refractivity contribution is -0.462. The number of halogens is 1. The van der Waals surface area contributed by atoms with Crippen molar-refractivity contribution in [1.82, 2.24) is 16.0 Å². The van der Waals surface area contributed by atoms with Crippen LogP contribution in [0, 0.1) is 0 Å². The molecule has 0 fully saturated rings. The maximum atomic E-state index is 12.6. The van der Waals surface area contributed by atoms with Gasteiger partial charge >= 0.3 is 0 Å². The molecule has 2 aromatic rings. The monoisotopic (exact) mass is 827 g/mol. The predicted octanol–water partition coefficient (Wildman–Crippen LogP) is -3.49. The molecule has 16 nitrogen and oxygen atoms in total. The standard InChI is InChI=1S/C41H61N9O7.ClH/c1-49(2)32-12-6-29(7-13-32)41(30-8-14-33(15-9-30)50(3)4)31-10-16-34(17-11-31)54-19-5-18-46-38(51)26-57-37(24-47-39(52)27-55-35(20-42)21-43)25-48-40(53)28-56-36(22-44)23-45;/h6-17,35-37H,5,18-28,42-45H2,1-4H3,(H2-,46,47,48,51,52,53);1H. The molecule has 2 aromatic carbocycles. The van der Waals surface area contributed by atoms with Crippen molar-refractivity contribution >= 4 is 34.7 Å². The summed E-state index contributed by atoms with van der Waals surface area (Å²) >= 11 is 0. The highest BCUT2D eigenvalue weighted by molar-refractivity contribution is 6.04. The summed E-state index contributed by atoms with van der Waals surface area (Å²) < 4.78 is 24.6. The van der Waals surface area contributed by atoms with Gasteiger partial charge in [0.05, 0.1) is 24.9 Å². The Morgan fingerprint density at radius 1 is 0.655 bits per heavy atom. The molecule has 0 aromatic heterocycles. The third-order valence-corrected chi connectivity index (χ3v) is 8.86. The lowest BCUT2D eigenvalue weighted by atomic mass is 9.90. The highest BCUT2D eigenvalue weighted by Crippen LogP contribution is 2.32. The molecular weight excluding hydrogens is 766 g/mol. The number of nitrogens with zero attached hydrogens (tertiary/aromatic N) is 2. The first-order chi connectivity index (χ1) is 27.5. The average molecular weight is 828 g/mol. The van der Waals surface area contributed by atoms with E-state index in [4.69, 9.17) is 41.9 Å². The van der Waals surface area contributed by atoms with Gasteiger partial charge in [-0.05, 0) is 65.1 Å². The maximum Gasteiger partial charge on any atom is 0.246 e. The minimum atomic E-state index is -0.734. The summed E-state index contributed by atoms with van der Waals surface area (Å²) in [5, 5.41) is 8.16. The third kappa shape index (κ3) is 17.5. The molecule has 0 saturated carbocycles. The fourth-order valence-electron chi connectivity index (χ4n) is 5.40. The second-order valence-electron chi connectivity index (χ2n) is 13.7. The van der Waals surface area contributed by atoms with E-state index in [1.54, 1.807) is 0 Å². The zero-order valence-electron chi connectivity index (χ0n) is 34.1. The number of anilines is 1. The Morgan fingerprint density at radius 3 is 1.55 bits per heavy atom. The molecule has 0 spiro atoms. The Labute approximate surface area is 348 Å². The molecule has 11 N–H and O–H groups in total. The molecule has 0 heterocycles. The minimum absolute atomic E-state index is 0. The Hall–Kier alpha value is -4.65. The third-order valence-electron chi connectivity index (χ3n) is 8.86. The lowest BCUT2D eigenvalue weighted by Gasteiger charge is -2.20. The van der Waals surface area contributed by atoms with Crippen LogP contribution >= 0.6 is 0 Å². The molecule has 3 rings (SSSR count). The van der Waals surface area contributed by atoms with Crippen molar-refractivity contribution in [2.45, 2.75) is 24.7 Å². The highest BCUT2D eigenvalue weighted by Gasteiger charge is 2.18. The Bertz CT molecular complexity index is 1640. The first kappa shape index (κ1) is 49.5. The van der Waals surface area contributed by atoms with E-state index < -0.39 is 30.1 Å². The largest absolute Gasteiger partial charge is 1.00 e. The molecule has 0 bridgehead atoms. The number of carbonyl (C=O) groups excluding carboxylic acids is 3. The average Bonchev–Trinajstić information content (AvgIpc) is 3.22. The van der Waals surface area contributed by atoms with E-state index in [0.29, 0.717) is 25.3 Å². The molecule has 0 aliphatic heterocycles. The van der Waals surface area contributed by atoms with E-state index in [2.05, 4.69) is 86.1 Å². The molecule has 3 amide bonds. The van der Waals surface area contributed by atoms with Crippen LogP contribution in [0.3, 0.4) is 0 Å². The Balaban J connectivity index is 0.0000116. The molecule has 17 heteroatoms. The fraction of sp³-hybridized carbons (Fsp3) is 0.463. The Morgan fingerprint density at radius 2 is 1.10 bits per heavy atom. The van der Waals surface area contributed by atoms with Crippen molar-refractivity contribution in [2.24, 2.45) is 22.9 Å². The van der Waals surface area contributed by atoms with E-state index >= 15 is 0 Å². The quantitative estimate of drug-likeness (QED) is 0.0382. The van der Waals surface area contributed by atoms with Crippen LogP contribution < -0.4 is 60.9 Å². The van der Waals surface area contributed by atoms with Gasteiger partial charge in [-0.15, -0.1) is 0 Å². The molecule has 58 heavy (non-hydrogen) atoms. The summed E-state index contributed by atoms with van der Waals surface area (Å²) in [6.07, 6.45) is 7.43. The number of carbonyl (C=O) groups is 3. The number of nitrogens with two attached hydrogens (primary N) is 4. The van der Waals surface area contributed by atoms with Crippen molar-refractivity contribution < 1.29 is 50.3 Å². The Kier molecular flexibility index (Phi) is 23.1. The van der Waals surface area contributed by atoms with Gasteiger partial charge in [-0.2, -0.15) is 0 Å². The van der Waals surface area contributed by atoms with Crippen molar-refractivity contribution in [1.29, 1.82) is 0 Å². The van der Waals surface area contributed by atoms with Crippen LogP contribution in [0.15, 0.2) is 78.4 Å². The second kappa shape index (κ2) is 27.1. The van der Waals surface area contributed by atoms with Gasteiger partial charge in [0.1, 0.15) is 39.7 Å². The number of hydrogen-bond donors (Lipinski definition) is 7. The summed E-state index contributed by atoms with van der Waals surface area (Å²) in [5.41, 5.74) is 28.9. The predicted molar refractivity (Wildman–Crippen MR) is 223 cm³/mol. The number of allylic oxidation sites excluding steroid dienone is 5. The van der Waals surface area contributed by atoms with Gasteiger partial charge in [0, 0.05) is 77.7 Å². The van der Waals surface area contributed by atoms with Gasteiger partial charge in [-0.3, -0.25) is 14.4 Å². The van der Waals surface area contributed by atoms with Crippen molar-refractivity contribution in [2.75, 3.05) is 105 Å². The van der Waals surface area contributed by atoms with E-state index in [-0.39, 0.29) is 77.4 Å². The topological polar surface area (TPSA) is 235 Å². The number of ether oxygens (including phenoxy) is 4. The smallest absolute Gasteiger partial charge is 0.246 e. The lowest BCUT2D eigenvalue weighted by Crippen LogP contribution is -3.00. The summed E-state index contributed by atoms with van der Waals surface area (Å²) in [5.74, 6) is -0.510. The van der Waals surface area contributed by atoms with Crippen LogP contribution in [0.2, 0.25) is 0 Å². The van der Waals surface area contributed by atoms with E-state index in [0.717, 1.165) is 33.7 Å². The summed E-state index contributed by atoms with van der Waals surface area (Å²) in [6.45, 7) is 0.614. The molecule has 0 radical (unpaired) electrons. The first-order valence-electron chi connectivity index (χ1n) is 19.1. The molecule has 320 valence electrons. The zero-order chi connectivity index (χ0) is 41.6. The van der Waals surface area contributed by atoms with Gasteiger partial charge in [-0.25, -0.2) is 4.58 Å². The summed E-state index contributed by atoms with van der Waals surface area (Å²) in [4.78, 5) is 39.4. The molecule has 0 atom stereocenters. The molecular formula is C41H62ClN9O7. The van der Waals surface area contributed by atoms with Gasteiger partial charge in [0.25, 0.3) is 0 Å². The fourth-order valence-corrected chi connectivity index (χ4v) is 5.40.